The zero-order valence-corrected chi connectivity index (χ0v) is 19.9. The Bertz CT molecular complexity index is 1040. The van der Waals surface area contributed by atoms with Crippen molar-refractivity contribution in [3.63, 3.8) is 0 Å². The van der Waals surface area contributed by atoms with Crippen LogP contribution in [0, 0.1) is 5.92 Å². The molecule has 5 atom stereocenters. The van der Waals surface area contributed by atoms with E-state index in [2.05, 4.69) is 60.0 Å². The van der Waals surface area contributed by atoms with Crippen LogP contribution in [0.4, 0.5) is 0 Å². The first-order chi connectivity index (χ1) is 16.5. The van der Waals surface area contributed by atoms with Crippen molar-refractivity contribution >= 4 is 11.8 Å². The van der Waals surface area contributed by atoms with Gasteiger partial charge >= 0.3 is 0 Å². The van der Waals surface area contributed by atoms with Crippen LogP contribution < -0.4 is 10.6 Å². The van der Waals surface area contributed by atoms with E-state index in [0.717, 1.165) is 17.5 Å². The molecule has 0 spiro atoms. The molecule has 1 saturated heterocycles. The second-order valence-electron chi connectivity index (χ2n) is 10.2. The lowest BCUT2D eigenvalue weighted by molar-refractivity contribution is -0.129. The summed E-state index contributed by atoms with van der Waals surface area (Å²) >= 11 is 0. The third-order valence-corrected chi connectivity index (χ3v) is 7.91. The van der Waals surface area contributed by atoms with E-state index < -0.39 is 6.23 Å². The summed E-state index contributed by atoms with van der Waals surface area (Å²) in [6, 6.07) is 17.3. The van der Waals surface area contributed by atoms with Gasteiger partial charge in [-0.1, -0.05) is 55.3 Å². The first-order valence-electron chi connectivity index (χ1n) is 12.7. The largest absolute Gasteiger partial charge is 0.372 e. The van der Waals surface area contributed by atoms with Gasteiger partial charge in [-0.25, -0.2) is 0 Å². The average Bonchev–Trinajstić information content (AvgIpc) is 3.16. The van der Waals surface area contributed by atoms with Crippen molar-refractivity contribution in [3.05, 3.63) is 70.8 Å². The van der Waals surface area contributed by atoms with Crippen LogP contribution in [0.5, 0.6) is 0 Å². The maximum atomic E-state index is 13.0. The molecule has 2 aromatic rings. The minimum absolute atomic E-state index is 0.0457. The van der Waals surface area contributed by atoms with E-state index in [-0.39, 0.29) is 17.9 Å². The van der Waals surface area contributed by atoms with Gasteiger partial charge in [-0.05, 0) is 61.3 Å². The second kappa shape index (κ2) is 9.88. The van der Waals surface area contributed by atoms with Crippen molar-refractivity contribution in [1.29, 1.82) is 0 Å². The highest BCUT2D eigenvalue weighted by Gasteiger charge is 2.39. The zero-order valence-electron chi connectivity index (χ0n) is 19.9. The highest BCUT2D eigenvalue weighted by molar-refractivity contribution is 5.98. The maximum Gasteiger partial charge on any atom is 0.254 e. The predicted molar refractivity (Wildman–Crippen MR) is 131 cm³/mol. The summed E-state index contributed by atoms with van der Waals surface area (Å²) in [5, 5.41) is 16.8. The molecule has 180 valence electrons. The standard InChI is InChI=1S/C28H35N3O3/c1-18(20-7-3-2-4-8-20)29-24-10-6-5-9-21(24)15-19-11-12-23-22(16-19)17-31(28(23)34)25-13-14-26(32)30-27(25)33/h2-4,7-8,11-12,16,18,21,24-25,27,29,33H,5-6,9-10,13-15,17H2,1H3,(H,30,32)/t18-,21+,24-,25?,27?/m0/s1. The van der Waals surface area contributed by atoms with Crippen molar-refractivity contribution < 1.29 is 14.7 Å². The molecular weight excluding hydrogens is 426 g/mol. The number of carbonyl (C=O) groups excluding carboxylic acids is 2. The predicted octanol–water partition coefficient (Wildman–Crippen LogP) is 3.69. The van der Waals surface area contributed by atoms with E-state index in [4.69, 9.17) is 0 Å². The Balaban J connectivity index is 1.26. The van der Waals surface area contributed by atoms with Crippen molar-refractivity contribution in [3.8, 4) is 0 Å². The minimum atomic E-state index is -1.00. The van der Waals surface area contributed by atoms with Crippen molar-refractivity contribution in [2.45, 2.75) is 82.8 Å². The zero-order chi connectivity index (χ0) is 23.7. The van der Waals surface area contributed by atoms with Crippen LogP contribution in [0.25, 0.3) is 0 Å². The fourth-order valence-electron chi connectivity index (χ4n) is 6.02. The number of fused-ring (bicyclic) bond motifs is 1. The van der Waals surface area contributed by atoms with E-state index in [1.807, 2.05) is 6.07 Å². The molecule has 34 heavy (non-hydrogen) atoms. The molecule has 6 heteroatoms. The number of nitrogens with zero attached hydrogens (tertiary/aromatic N) is 1. The fourth-order valence-corrected chi connectivity index (χ4v) is 6.02. The molecule has 1 saturated carbocycles. The average molecular weight is 462 g/mol. The Kier molecular flexibility index (Phi) is 6.70. The van der Waals surface area contributed by atoms with Gasteiger partial charge in [0, 0.05) is 30.6 Å². The van der Waals surface area contributed by atoms with E-state index >= 15 is 0 Å². The third kappa shape index (κ3) is 4.75. The molecule has 2 aliphatic heterocycles. The molecule has 2 aromatic carbocycles. The van der Waals surface area contributed by atoms with E-state index in [9.17, 15) is 14.7 Å². The lowest BCUT2D eigenvalue weighted by Crippen LogP contribution is -2.55. The molecule has 1 aliphatic carbocycles. The summed E-state index contributed by atoms with van der Waals surface area (Å²) < 4.78 is 0. The lowest BCUT2D eigenvalue weighted by Gasteiger charge is -2.35. The number of hydrogen-bond acceptors (Lipinski definition) is 4. The van der Waals surface area contributed by atoms with E-state index in [0.29, 0.717) is 37.4 Å². The van der Waals surface area contributed by atoms with Crippen LogP contribution in [-0.4, -0.2) is 40.1 Å². The van der Waals surface area contributed by atoms with E-state index in [1.165, 1.54) is 36.8 Å². The SMILES string of the molecule is C[C@H](N[C@H]1CCCC[C@@H]1Cc1ccc2c(c1)CN(C1CCC(=O)NC1O)C2=O)c1ccccc1. The molecule has 0 radical (unpaired) electrons. The first kappa shape index (κ1) is 23.1. The Morgan fingerprint density at radius 2 is 1.88 bits per heavy atom. The van der Waals surface area contributed by atoms with Crippen molar-refractivity contribution in [1.82, 2.24) is 15.5 Å². The van der Waals surface area contributed by atoms with Gasteiger partial charge in [0.2, 0.25) is 5.91 Å². The Morgan fingerprint density at radius 1 is 1.09 bits per heavy atom. The first-order valence-corrected chi connectivity index (χ1v) is 12.7. The van der Waals surface area contributed by atoms with Crippen LogP contribution in [-0.2, 0) is 17.8 Å². The molecule has 2 amide bonds. The number of amides is 2. The molecule has 3 N–H and O–H groups in total. The summed E-state index contributed by atoms with van der Waals surface area (Å²) in [5.41, 5.74) is 4.36. The van der Waals surface area contributed by atoms with Gasteiger partial charge in [0.15, 0.2) is 0 Å². The maximum absolute atomic E-state index is 13.0. The highest BCUT2D eigenvalue weighted by Crippen LogP contribution is 2.33. The number of hydrogen-bond donors (Lipinski definition) is 3. The van der Waals surface area contributed by atoms with Crippen LogP contribution in [0.15, 0.2) is 48.5 Å². The molecular formula is C28H35N3O3. The fraction of sp³-hybridized carbons (Fsp3) is 0.500. The van der Waals surface area contributed by atoms with Crippen molar-refractivity contribution in [2.24, 2.45) is 5.92 Å². The Labute approximate surface area is 201 Å². The number of carbonyl (C=O) groups is 2. The van der Waals surface area contributed by atoms with Crippen LogP contribution >= 0.6 is 0 Å². The summed E-state index contributed by atoms with van der Waals surface area (Å²) in [5.74, 6) is 0.365. The molecule has 2 fully saturated rings. The van der Waals surface area contributed by atoms with Crippen LogP contribution in [0.1, 0.15) is 78.5 Å². The van der Waals surface area contributed by atoms with Gasteiger partial charge in [-0.3, -0.25) is 9.59 Å². The smallest absolute Gasteiger partial charge is 0.254 e. The molecule has 6 nitrogen and oxygen atoms in total. The molecule has 2 heterocycles. The van der Waals surface area contributed by atoms with E-state index in [1.54, 1.807) is 4.90 Å². The molecule has 5 rings (SSSR count). The number of rotatable bonds is 6. The van der Waals surface area contributed by atoms with Crippen molar-refractivity contribution in [2.75, 3.05) is 0 Å². The van der Waals surface area contributed by atoms with Gasteiger partial charge in [0.05, 0.1) is 6.04 Å². The summed E-state index contributed by atoms with van der Waals surface area (Å²) in [6.07, 6.45) is 5.79. The molecule has 0 aromatic heterocycles. The van der Waals surface area contributed by atoms with Gasteiger partial charge in [-0.2, -0.15) is 0 Å². The quantitative estimate of drug-likeness (QED) is 0.613. The molecule has 2 unspecified atom stereocenters. The number of aliphatic hydroxyl groups excluding tert-OH is 1. The highest BCUT2D eigenvalue weighted by atomic mass is 16.3. The number of nitrogens with one attached hydrogen (secondary N) is 2. The minimum Gasteiger partial charge on any atom is -0.372 e. The monoisotopic (exact) mass is 461 g/mol. The van der Waals surface area contributed by atoms with Gasteiger partial charge in [0.25, 0.3) is 5.91 Å². The lowest BCUT2D eigenvalue weighted by atomic mass is 9.80. The van der Waals surface area contributed by atoms with Crippen LogP contribution in [0.3, 0.4) is 0 Å². The Hall–Kier alpha value is -2.70. The topological polar surface area (TPSA) is 81.7 Å². The summed E-state index contributed by atoms with van der Waals surface area (Å²) in [7, 11) is 0. The summed E-state index contributed by atoms with van der Waals surface area (Å²) in [6.45, 7) is 2.75. The third-order valence-electron chi connectivity index (χ3n) is 7.91. The van der Waals surface area contributed by atoms with Crippen LogP contribution in [0.2, 0.25) is 0 Å². The number of piperidine rings is 1. The Morgan fingerprint density at radius 3 is 2.68 bits per heavy atom. The van der Waals surface area contributed by atoms with Gasteiger partial charge < -0.3 is 20.6 Å². The normalized spacial score (nSPS) is 27.9. The van der Waals surface area contributed by atoms with Gasteiger partial charge in [0.1, 0.15) is 6.23 Å². The molecule has 3 aliphatic rings. The number of benzene rings is 2. The number of aliphatic hydroxyl groups is 1. The van der Waals surface area contributed by atoms with Gasteiger partial charge in [-0.15, -0.1) is 0 Å². The summed E-state index contributed by atoms with van der Waals surface area (Å²) in [4.78, 5) is 26.3. The second-order valence-corrected chi connectivity index (χ2v) is 10.2. The molecule has 0 bridgehead atoms.